The van der Waals surface area contributed by atoms with Gasteiger partial charge in [0.15, 0.2) is 10.9 Å². The summed E-state index contributed by atoms with van der Waals surface area (Å²) in [4.78, 5) is 44.9. The van der Waals surface area contributed by atoms with Gasteiger partial charge in [-0.2, -0.15) is 0 Å². The van der Waals surface area contributed by atoms with Crippen LogP contribution in [0.4, 0.5) is 5.13 Å². The van der Waals surface area contributed by atoms with Crippen LogP contribution in [-0.4, -0.2) is 34.0 Å². The van der Waals surface area contributed by atoms with Crippen LogP contribution >= 0.6 is 22.7 Å². The molecule has 2 amide bonds. The molecule has 0 unspecified atom stereocenters. The van der Waals surface area contributed by atoms with Crippen molar-refractivity contribution in [1.82, 2.24) is 9.88 Å². The minimum absolute atomic E-state index is 0.0204. The monoisotopic (exact) mass is 425 g/mol. The Labute approximate surface area is 176 Å². The SMILES string of the molecule is O=C(CCC(=O)N1CCc2nc(NC(=O)c3cccs3)sc2C1)c1ccccc1. The highest BCUT2D eigenvalue weighted by molar-refractivity contribution is 7.16. The van der Waals surface area contributed by atoms with E-state index in [2.05, 4.69) is 10.3 Å². The fraction of sp³-hybridized carbons (Fsp3) is 0.238. The van der Waals surface area contributed by atoms with Crippen molar-refractivity contribution in [2.75, 3.05) is 11.9 Å². The van der Waals surface area contributed by atoms with Crippen LogP contribution in [0.3, 0.4) is 0 Å². The Morgan fingerprint density at radius 1 is 1.07 bits per heavy atom. The van der Waals surface area contributed by atoms with Crippen LogP contribution in [0.1, 0.15) is 43.4 Å². The number of rotatable bonds is 6. The van der Waals surface area contributed by atoms with Crippen LogP contribution in [0.15, 0.2) is 47.8 Å². The minimum atomic E-state index is -0.168. The zero-order valence-electron chi connectivity index (χ0n) is 15.6. The van der Waals surface area contributed by atoms with Gasteiger partial charge in [0.1, 0.15) is 0 Å². The lowest BCUT2D eigenvalue weighted by Gasteiger charge is -2.26. The molecular weight excluding hydrogens is 406 g/mol. The van der Waals surface area contributed by atoms with Crippen LogP contribution < -0.4 is 5.32 Å². The molecule has 1 aromatic carbocycles. The van der Waals surface area contributed by atoms with Crippen molar-refractivity contribution in [3.8, 4) is 0 Å². The summed E-state index contributed by atoms with van der Waals surface area (Å²) in [5, 5.41) is 5.25. The first kappa shape index (κ1) is 19.5. The number of nitrogens with zero attached hydrogens (tertiary/aromatic N) is 2. The number of aromatic nitrogens is 1. The van der Waals surface area contributed by atoms with Crippen molar-refractivity contribution >= 4 is 45.4 Å². The molecule has 3 heterocycles. The Bertz CT molecular complexity index is 1030. The van der Waals surface area contributed by atoms with Crippen molar-refractivity contribution in [1.29, 1.82) is 0 Å². The number of carbonyl (C=O) groups is 3. The molecule has 8 heteroatoms. The van der Waals surface area contributed by atoms with Crippen LogP contribution in [0.5, 0.6) is 0 Å². The number of amides is 2. The first-order valence-electron chi connectivity index (χ1n) is 9.29. The maximum absolute atomic E-state index is 12.6. The third-order valence-corrected chi connectivity index (χ3v) is 6.58. The number of nitrogens with one attached hydrogen (secondary N) is 1. The maximum atomic E-state index is 12.6. The van der Waals surface area contributed by atoms with Gasteiger partial charge in [0.05, 0.1) is 17.1 Å². The molecular formula is C21H19N3O3S2. The van der Waals surface area contributed by atoms with E-state index in [1.54, 1.807) is 23.1 Å². The average molecular weight is 426 g/mol. The Kier molecular flexibility index (Phi) is 5.82. The molecule has 29 heavy (non-hydrogen) atoms. The first-order chi connectivity index (χ1) is 14.1. The van der Waals surface area contributed by atoms with Crippen molar-refractivity contribution in [2.24, 2.45) is 0 Å². The predicted molar refractivity (Wildman–Crippen MR) is 114 cm³/mol. The molecule has 0 saturated heterocycles. The van der Waals surface area contributed by atoms with Gasteiger partial charge in [0, 0.05) is 36.2 Å². The second-order valence-electron chi connectivity index (χ2n) is 6.67. The van der Waals surface area contributed by atoms with E-state index < -0.39 is 0 Å². The fourth-order valence-corrected chi connectivity index (χ4v) is 4.81. The zero-order chi connectivity index (χ0) is 20.2. The average Bonchev–Trinajstić information content (AvgIpc) is 3.41. The Balaban J connectivity index is 1.33. The molecule has 0 bridgehead atoms. The number of Topliss-reactive ketones (excluding diaryl/α,β-unsaturated/α-hetero) is 1. The Hall–Kier alpha value is -2.84. The summed E-state index contributed by atoms with van der Waals surface area (Å²) in [6.07, 6.45) is 1.06. The second kappa shape index (κ2) is 8.67. The number of thiazole rings is 1. The molecule has 0 spiro atoms. The Morgan fingerprint density at radius 2 is 1.90 bits per heavy atom. The molecule has 0 radical (unpaired) electrons. The number of anilines is 1. The standard InChI is InChI=1S/C21H19N3O3S2/c25-16(14-5-2-1-3-6-14)8-9-19(26)24-11-10-15-18(13-24)29-21(22-15)23-20(27)17-7-4-12-28-17/h1-7,12H,8-11,13H2,(H,22,23,27). The second-order valence-corrected chi connectivity index (χ2v) is 8.71. The van der Waals surface area contributed by atoms with E-state index in [4.69, 9.17) is 0 Å². The van der Waals surface area contributed by atoms with Gasteiger partial charge in [-0.15, -0.1) is 11.3 Å². The van der Waals surface area contributed by atoms with Gasteiger partial charge >= 0.3 is 0 Å². The highest BCUT2D eigenvalue weighted by Gasteiger charge is 2.25. The maximum Gasteiger partial charge on any atom is 0.267 e. The van der Waals surface area contributed by atoms with E-state index >= 15 is 0 Å². The summed E-state index contributed by atoms with van der Waals surface area (Å²) in [5.41, 5.74) is 1.57. The van der Waals surface area contributed by atoms with Crippen LogP contribution in [-0.2, 0) is 17.8 Å². The van der Waals surface area contributed by atoms with Crippen LogP contribution in [0.2, 0.25) is 0 Å². The van der Waals surface area contributed by atoms with Crippen molar-refractivity contribution in [3.63, 3.8) is 0 Å². The molecule has 0 aliphatic carbocycles. The third-order valence-electron chi connectivity index (χ3n) is 4.71. The van der Waals surface area contributed by atoms with Gasteiger partial charge in [0.2, 0.25) is 5.91 Å². The lowest BCUT2D eigenvalue weighted by molar-refractivity contribution is -0.132. The molecule has 0 atom stereocenters. The number of hydrogen-bond donors (Lipinski definition) is 1. The summed E-state index contributed by atoms with van der Waals surface area (Å²) >= 11 is 2.78. The van der Waals surface area contributed by atoms with Gasteiger partial charge < -0.3 is 4.90 Å². The number of carbonyl (C=O) groups excluding carboxylic acids is 3. The first-order valence-corrected chi connectivity index (χ1v) is 11.0. The molecule has 148 valence electrons. The van der Waals surface area contributed by atoms with Crippen molar-refractivity contribution in [2.45, 2.75) is 25.8 Å². The lowest BCUT2D eigenvalue weighted by Crippen LogP contribution is -2.35. The minimum Gasteiger partial charge on any atom is -0.337 e. The summed E-state index contributed by atoms with van der Waals surface area (Å²) in [6.45, 7) is 1.05. The molecule has 3 aromatic rings. The van der Waals surface area contributed by atoms with Crippen molar-refractivity contribution < 1.29 is 14.4 Å². The molecule has 1 aliphatic heterocycles. The topological polar surface area (TPSA) is 79.4 Å². The largest absolute Gasteiger partial charge is 0.337 e. The van der Waals surface area contributed by atoms with Gasteiger partial charge in [-0.3, -0.25) is 19.7 Å². The van der Waals surface area contributed by atoms with E-state index in [1.165, 1.54) is 22.7 Å². The third kappa shape index (κ3) is 4.60. The van der Waals surface area contributed by atoms with Gasteiger partial charge in [0.25, 0.3) is 5.91 Å². The number of hydrogen-bond acceptors (Lipinski definition) is 6. The van der Waals surface area contributed by atoms with Gasteiger partial charge in [-0.25, -0.2) is 4.98 Å². The number of thiophene rings is 1. The molecule has 0 saturated carbocycles. The fourth-order valence-electron chi connectivity index (χ4n) is 3.18. The summed E-state index contributed by atoms with van der Waals surface area (Å²) in [6, 6.07) is 12.6. The van der Waals surface area contributed by atoms with Gasteiger partial charge in [-0.1, -0.05) is 47.7 Å². The van der Waals surface area contributed by atoms with E-state index in [9.17, 15) is 14.4 Å². The van der Waals surface area contributed by atoms with E-state index in [1.807, 2.05) is 29.6 Å². The smallest absolute Gasteiger partial charge is 0.267 e. The van der Waals surface area contributed by atoms with Crippen LogP contribution in [0, 0.1) is 0 Å². The summed E-state index contributed by atoms with van der Waals surface area (Å²) < 4.78 is 0. The van der Waals surface area contributed by atoms with E-state index in [-0.39, 0.29) is 30.4 Å². The molecule has 1 N–H and O–H groups in total. The highest BCUT2D eigenvalue weighted by atomic mass is 32.1. The molecule has 0 fully saturated rings. The Morgan fingerprint density at radius 3 is 2.66 bits per heavy atom. The normalized spacial score (nSPS) is 13.0. The van der Waals surface area contributed by atoms with Gasteiger partial charge in [-0.05, 0) is 11.4 Å². The predicted octanol–water partition coefficient (Wildman–Crippen LogP) is 4.00. The number of ketones is 1. The number of fused-ring (bicyclic) bond motifs is 1. The molecule has 1 aliphatic rings. The summed E-state index contributed by atoms with van der Waals surface area (Å²) in [7, 11) is 0. The van der Waals surface area contributed by atoms with E-state index in [0.29, 0.717) is 35.1 Å². The highest BCUT2D eigenvalue weighted by Crippen LogP contribution is 2.29. The van der Waals surface area contributed by atoms with Crippen LogP contribution in [0.25, 0.3) is 0 Å². The quantitative estimate of drug-likeness (QED) is 0.606. The summed E-state index contributed by atoms with van der Waals surface area (Å²) in [5.74, 6) is -0.219. The molecule has 6 nitrogen and oxygen atoms in total. The molecule has 4 rings (SSSR count). The number of benzene rings is 1. The lowest BCUT2D eigenvalue weighted by atomic mass is 10.1. The van der Waals surface area contributed by atoms with E-state index in [0.717, 1.165) is 10.6 Å². The molecule has 2 aromatic heterocycles. The van der Waals surface area contributed by atoms with Crippen molar-refractivity contribution in [3.05, 3.63) is 68.9 Å². The zero-order valence-corrected chi connectivity index (χ0v) is 17.2.